The first kappa shape index (κ1) is 24.4. The molecule has 2 aliphatic heterocycles. The highest BCUT2D eigenvalue weighted by atomic mass is 19.1. The summed E-state index contributed by atoms with van der Waals surface area (Å²) in [4.78, 5) is 44.1. The molecular weight excluding hydrogens is 505 g/mol. The molecule has 4 aliphatic rings. The topological polar surface area (TPSA) is 131 Å². The van der Waals surface area contributed by atoms with E-state index in [0.29, 0.717) is 41.7 Å². The van der Waals surface area contributed by atoms with Crippen LogP contribution in [0, 0.1) is 24.6 Å². The van der Waals surface area contributed by atoms with Gasteiger partial charge in [-0.25, -0.2) is 14.2 Å². The van der Waals surface area contributed by atoms with Crippen molar-refractivity contribution in [1.82, 2.24) is 14.9 Å². The molecule has 2 aliphatic carbocycles. The quantitative estimate of drug-likeness (QED) is 0.343. The SMILES string of the molecule is CC[C@@]1(O)C(=O)OCc2c1cc1n(c2=O)Cc2c-1nc1cc(F)c(C)c3c1c2[C@@H](NC(=O)C1CC1CO)CC3. The van der Waals surface area contributed by atoms with Crippen LogP contribution in [0.5, 0.6) is 0 Å². The maximum Gasteiger partial charge on any atom is 0.343 e. The van der Waals surface area contributed by atoms with Gasteiger partial charge in [0.05, 0.1) is 35.1 Å². The van der Waals surface area contributed by atoms with Gasteiger partial charge in [-0.1, -0.05) is 6.92 Å². The second-order valence-electron chi connectivity index (χ2n) is 11.2. The van der Waals surface area contributed by atoms with E-state index in [1.807, 2.05) is 0 Å². The number of halogens is 1. The Labute approximate surface area is 222 Å². The number of rotatable bonds is 4. The Balaban J connectivity index is 1.45. The summed E-state index contributed by atoms with van der Waals surface area (Å²) in [6.07, 6.45) is 1.80. The van der Waals surface area contributed by atoms with Gasteiger partial charge in [0.2, 0.25) is 5.91 Å². The number of aromatic nitrogens is 2. The zero-order valence-corrected chi connectivity index (χ0v) is 21.6. The molecule has 4 heterocycles. The van der Waals surface area contributed by atoms with Crippen LogP contribution in [-0.4, -0.2) is 38.2 Å². The first-order valence-corrected chi connectivity index (χ1v) is 13.4. The average molecular weight is 534 g/mol. The molecule has 1 saturated carbocycles. The lowest BCUT2D eigenvalue weighted by Gasteiger charge is -2.31. The molecule has 1 amide bonds. The minimum Gasteiger partial charge on any atom is -0.458 e. The Morgan fingerprint density at radius 1 is 1.28 bits per heavy atom. The van der Waals surface area contributed by atoms with Gasteiger partial charge in [0.1, 0.15) is 12.4 Å². The summed E-state index contributed by atoms with van der Waals surface area (Å²) in [5, 5.41) is 24.6. The van der Waals surface area contributed by atoms with Crippen molar-refractivity contribution >= 4 is 22.8 Å². The largest absolute Gasteiger partial charge is 0.458 e. The lowest BCUT2D eigenvalue weighted by atomic mass is 9.81. The van der Waals surface area contributed by atoms with Crippen molar-refractivity contribution in [1.29, 1.82) is 0 Å². The highest BCUT2D eigenvalue weighted by Crippen LogP contribution is 2.46. The van der Waals surface area contributed by atoms with Gasteiger partial charge in [-0.2, -0.15) is 0 Å². The van der Waals surface area contributed by atoms with E-state index >= 15 is 4.39 Å². The molecule has 202 valence electrons. The molecule has 3 N–H and O–H groups in total. The number of hydrogen-bond donors (Lipinski definition) is 3. The van der Waals surface area contributed by atoms with E-state index in [1.54, 1.807) is 24.5 Å². The normalized spacial score (nSPS) is 26.1. The predicted molar refractivity (Wildman–Crippen MR) is 137 cm³/mol. The van der Waals surface area contributed by atoms with E-state index in [9.17, 15) is 24.6 Å². The Kier molecular flexibility index (Phi) is 5.13. The van der Waals surface area contributed by atoms with Gasteiger partial charge in [0, 0.05) is 35.1 Å². The summed E-state index contributed by atoms with van der Waals surface area (Å²) in [7, 11) is 0. The van der Waals surface area contributed by atoms with E-state index in [0.717, 1.165) is 22.1 Å². The molecule has 9 nitrogen and oxygen atoms in total. The number of aliphatic hydroxyl groups is 2. The summed E-state index contributed by atoms with van der Waals surface area (Å²) >= 11 is 0. The van der Waals surface area contributed by atoms with Gasteiger partial charge >= 0.3 is 5.97 Å². The minimum atomic E-state index is -1.95. The van der Waals surface area contributed by atoms with Crippen molar-refractivity contribution in [2.24, 2.45) is 11.8 Å². The zero-order valence-electron chi connectivity index (χ0n) is 21.6. The van der Waals surface area contributed by atoms with Crippen molar-refractivity contribution in [3.05, 3.63) is 61.7 Å². The first-order valence-electron chi connectivity index (χ1n) is 13.4. The van der Waals surface area contributed by atoms with Crippen LogP contribution in [0.1, 0.15) is 65.6 Å². The Bertz CT molecular complexity index is 1700. The number of pyridine rings is 2. The third kappa shape index (κ3) is 3.24. The summed E-state index contributed by atoms with van der Waals surface area (Å²) in [6.45, 7) is 3.32. The molecule has 39 heavy (non-hydrogen) atoms. The maximum atomic E-state index is 15.0. The van der Waals surface area contributed by atoms with E-state index < -0.39 is 11.6 Å². The first-order chi connectivity index (χ1) is 18.7. The van der Waals surface area contributed by atoms with Crippen LogP contribution in [0.2, 0.25) is 0 Å². The highest BCUT2D eigenvalue weighted by Gasteiger charge is 2.46. The van der Waals surface area contributed by atoms with Crippen molar-refractivity contribution in [3.8, 4) is 11.4 Å². The Hall–Kier alpha value is -3.63. The molecular formula is C29H28FN3O6. The van der Waals surface area contributed by atoms with Crippen LogP contribution in [-0.2, 0) is 39.5 Å². The van der Waals surface area contributed by atoms with Gasteiger partial charge in [-0.15, -0.1) is 0 Å². The Morgan fingerprint density at radius 2 is 2.08 bits per heavy atom. The molecule has 7 rings (SSSR count). The smallest absolute Gasteiger partial charge is 0.343 e. The number of nitrogens with zero attached hydrogens (tertiary/aromatic N) is 2. The number of nitrogens with one attached hydrogen (secondary N) is 1. The summed E-state index contributed by atoms with van der Waals surface area (Å²) in [5.41, 5.74) is 2.45. The molecule has 0 radical (unpaired) electrons. The highest BCUT2D eigenvalue weighted by molar-refractivity contribution is 5.94. The molecule has 10 heteroatoms. The van der Waals surface area contributed by atoms with E-state index in [-0.39, 0.29) is 72.5 Å². The fraction of sp³-hybridized carbons (Fsp3) is 0.448. The summed E-state index contributed by atoms with van der Waals surface area (Å²) in [6, 6.07) is 2.66. The van der Waals surface area contributed by atoms with Crippen molar-refractivity contribution < 1.29 is 28.9 Å². The molecule has 3 aromatic rings. The fourth-order valence-corrected chi connectivity index (χ4v) is 6.75. The van der Waals surface area contributed by atoms with Crippen molar-refractivity contribution in [2.45, 2.75) is 64.3 Å². The number of amides is 1. The average Bonchev–Trinajstić information content (AvgIpc) is 3.64. The van der Waals surface area contributed by atoms with Crippen molar-refractivity contribution in [2.75, 3.05) is 6.61 Å². The van der Waals surface area contributed by atoms with Crippen molar-refractivity contribution in [3.63, 3.8) is 0 Å². The van der Waals surface area contributed by atoms with Crippen LogP contribution in [0.4, 0.5) is 4.39 Å². The summed E-state index contributed by atoms with van der Waals surface area (Å²) in [5.74, 6) is -1.55. The third-order valence-corrected chi connectivity index (χ3v) is 9.19. The molecule has 2 unspecified atom stereocenters. The number of benzene rings is 1. The third-order valence-electron chi connectivity index (χ3n) is 9.19. The number of ether oxygens (including phenoxy) is 1. The Morgan fingerprint density at radius 3 is 2.79 bits per heavy atom. The van der Waals surface area contributed by atoms with Crippen LogP contribution >= 0.6 is 0 Å². The van der Waals surface area contributed by atoms with E-state index in [2.05, 4.69) is 5.32 Å². The van der Waals surface area contributed by atoms with Gasteiger partial charge in [0.15, 0.2) is 5.60 Å². The second kappa shape index (κ2) is 8.19. The second-order valence-corrected chi connectivity index (χ2v) is 11.2. The fourth-order valence-electron chi connectivity index (χ4n) is 6.75. The molecule has 0 bridgehead atoms. The lowest BCUT2D eigenvalue weighted by Crippen LogP contribution is -2.44. The van der Waals surface area contributed by atoms with Gasteiger partial charge in [-0.3, -0.25) is 9.59 Å². The van der Waals surface area contributed by atoms with Crippen LogP contribution < -0.4 is 10.9 Å². The number of fused-ring (bicyclic) bond motifs is 5. The van der Waals surface area contributed by atoms with Gasteiger partial charge in [-0.05, 0) is 61.3 Å². The van der Waals surface area contributed by atoms with Crippen LogP contribution in [0.3, 0.4) is 0 Å². The van der Waals surface area contributed by atoms with Gasteiger partial charge in [0.25, 0.3) is 5.56 Å². The predicted octanol–water partition coefficient (Wildman–Crippen LogP) is 2.26. The molecule has 4 atom stereocenters. The maximum absolute atomic E-state index is 15.0. The van der Waals surface area contributed by atoms with E-state index in [4.69, 9.17) is 9.72 Å². The standard InChI is InChI=1S/C29H28FN3O6/c1-3-29(38)18-7-22-25-16(9-33(22)27(36)17(18)11-39-28(29)37)24-20(32-26(35)15-6-13(15)10-34)5-4-14-12(2)19(30)8-21(31-25)23(14)24/h7-8,13,15,20,34,38H,3-6,9-11H2,1-2H3,(H,32,35)/t13?,15?,20-,29-/m0/s1. The van der Waals surface area contributed by atoms with Crippen LogP contribution in [0.25, 0.3) is 22.3 Å². The number of aliphatic hydroxyl groups excluding tert-OH is 1. The molecule has 2 aromatic heterocycles. The number of hydrogen-bond acceptors (Lipinski definition) is 7. The number of esters is 1. The number of carbonyl (C=O) groups is 2. The van der Waals surface area contributed by atoms with Crippen LogP contribution in [0.15, 0.2) is 16.9 Å². The van der Waals surface area contributed by atoms with E-state index in [1.165, 1.54) is 6.07 Å². The molecule has 1 aromatic carbocycles. The minimum absolute atomic E-state index is 0.0296. The molecule has 0 saturated heterocycles. The number of cyclic esters (lactones) is 1. The molecule has 1 fully saturated rings. The number of carbonyl (C=O) groups excluding carboxylic acids is 2. The lowest BCUT2D eigenvalue weighted by molar-refractivity contribution is -0.172. The zero-order chi connectivity index (χ0) is 27.4. The van der Waals surface area contributed by atoms with Gasteiger partial charge < -0.3 is 24.8 Å². The summed E-state index contributed by atoms with van der Waals surface area (Å²) < 4.78 is 21.7. The monoisotopic (exact) mass is 533 g/mol. The number of aryl methyl sites for hydroxylation is 1. The molecule has 0 spiro atoms.